The maximum absolute atomic E-state index is 10.9. The number of carboxylic acid groups (broad SMARTS) is 1. The maximum Gasteiger partial charge on any atom is 0.358 e. The van der Waals surface area contributed by atoms with Crippen molar-refractivity contribution in [1.29, 1.82) is 0 Å². The van der Waals surface area contributed by atoms with Crippen LogP contribution in [0.2, 0.25) is 5.02 Å². The molecule has 0 bridgehead atoms. The number of aromatic nitrogens is 3. The molecule has 3 aromatic rings. The van der Waals surface area contributed by atoms with Crippen LogP contribution in [0.25, 0.3) is 5.69 Å². The highest BCUT2D eigenvalue weighted by Gasteiger charge is 2.17. The fraction of sp³-hybridized carbons (Fsp3) is 0.360. The molecule has 0 amide bonds. The van der Waals surface area contributed by atoms with Crippen LogP contribution in [0.3, 0.4) is 0 Å². The van der Waals surface area contributed by atoms with Gasteiger partial charge in [-0.15, -0.1) is 5.10 Å². The molecule has 34 heavy (non-hydrogen) atoms. The Labute approximate surface area is 206 Å². The minimum Gasteiger partial charge on any atom is -0.476 e. The molecule has 2 N–H and O–H groups in total. The summed E-state index contributed by atoms with van der Waals surface area (Å²) in [5, 5.41) is 20.0. The fourth-order valence-corrected chi connectivity index (χ4v) is 2.87. The number of nitrogens with zero attached hydrogens (tertiary/aromatic N) is 3. The first kappa shape index (κ1) is 30.8. The maximum atomic E-state index is 10.9. The van der Waals surface area contributed by atoms with Crippen molar-refractivity contribution in [1.82, 2.24) is 15.0 Å². The number of benzene rings is 2. The van der Waals surface area contributed by atoms with Gasteiger partial charge in [0.1, 0.15) is 6.79 Å². The second kappa shape index (κ2) is 14.8. The highest BCUT2D eigenvalue weighted by molar-refractivity contribution is 6.30. The zero-order chi connectivity index (χ0) is 26.5. The van der Waals surface area contributed by atoms with E-state index in [0.29, 0.717) is 16.4 Å². The van der Waals surface area contributed by atoms with Gasteiger partial charge in [-0.1, -0.05) is 67.4 Å². The number of carboxylic acids is 1. The van der Waals surface area contributed by atoms with Gasteiger partial charge < -0.3 is 20.0 Å². The van der Waals surface area contributed by atoms with Crippen LogP contribution in [0.4, 0.5) is 5.69 Å². The summed E-state index contributed by atoms with van der Waals surface area (Å²) in [6, 6.07) is 14.0. The normalized spacial score (nSPS) is 9.91. The Balaban J connectivity index is 0.000000581. The number of anilines is 1. The molecule has 0 aliphatic carbocycles. The van der Waals surface area contributed by atoms with E-state index in [1.54, 1.807) is 46.4 Å². The first-order valence-electron chi connectivity index (χ1n) is 10.4. The summed E-state index contributed by atoms with van der Waals surface area (Å²) in [5.41, 5.74) is 4.83. The summed E-state index contributed by atoms with van der Waals surface area (Å²) >= 11 is 5.94. The average molecular weight is 491 g/mol. The number of aromatic carboxylic acids is 1. The number of rotatable bonds is 3. The van der Waals surface area contributed by atoms with Crippen LogP contribution in [0.15, 0.2) is 42.5 Å². The first-order chi connectivity index (χ1) is 16.0. The summed E-state index contributed by atoms with van der Waals surface area (Å²) in [5.74, 6) is -1.10. The van der Waals surface area contributed by atoms with E-state index in [1.807, 2.05) is 6.79 Å². The minimum atomic E-state index is -1.10. The molecule has 0 saturated heterocycles. The standard InChI is InChI=1S/C11H11ClN4O2.C11H16.C2H6O.CH2O/c1-6-10(11(17)18)14-15-16(6)9-5-7(12)3-4-8(9)13-2;1-9-5-7-10(8-6-9)11(2,3)4;1-3-2;1-2/h3-5,13H,1-2H3,(H,17,18);5-8H,1-4H3;1-2H3;1H2. The lowest BCUT2D eigenvalue weighted by atomic mass is 9.87. The van der Waals surface area contributed by atoms with E-state index in [0.717, 1.165) is 5.69 Å². The molecule has 3 rings (SSSR count). The van der Waals surface area contributed by atoms with Gasteiger partial charge in [0.2, 0.25) is 0 Å². The lowest BCUT2D eigenvalue weighted by molar-refractivity contribution is -0.0980. The Morgan fingerprint density at radius 1 is 1.09 bits per heavy atom. The molecule has 0 aliphatic rings. The van der Waals surface area contributed by atoms with E-state index in [1.165, 1.54) is 15.8 Å². The Kier molecular flexibility index (Phi) is 13.4. The summed E-state index contributed by atoms with van der Waals surface area (Å²) in [6.07, 6.45) is 0. The minimum absolute atomic E-state index is 0.0722. The zero-order valence-corrected chi connectivity index (χ0v) is 21.9. The highest BCUT2D eigenvalue weighted by Crippen LogP contribution is 2.25. The van der Waals surface area contributed by atoms with Gasteiger partial charge >= 0.3 is 5.97 Å². The summed E-state index contributed by atoms with van der Waals surface area (Å²) in [7, 11) is 5.01. The van der Waals surface area contributed by atoms with E-state index in [2.05, 4.69) is 72.3 Å². The molecule has 0 radical (unpaired) electrons. The number of ether oxygens (including phenoxy) is 1. The number of carbonyl (C=O) groups is 2. The molecule has 0 atom stereocenters. The van der Waals surface area contributed by atoms with Gasteiger partial charge in [0.05, 0.1) is 17.1 Å². The van der Waals surface area contributed by atoms with E-state index >= 15 is 0 Å². The predicted molar refractivity (Wildman–Crippen MR) is 138 cm³/mol. The van der Waals surface area contributed by atoms with Crippen molar-refractivity contribution in [2.24, 2.45) is 0 Å². The van der Waals surface area contributed by atoms with Gasteiger partial charge in [0, 0.05) is 26.3 Å². The predicted octanol–water partition coefficient (Wildman–Crippen LogP) is 5.34. The molecule has 0 fully saturated rings. The van der Waals surface area contributed by atoms with Gasteiger partial charge in [-0.2, -0.15) is 0 Å². The molecule has 0 saturated carbocycles. The molecule has 1 heterocycles. The van der Waals surface area contributed by atoms with Crippen LogP contribution in [-0.4, -0.2) is 54.1 Å². The third-order valence-electron chi connectivity index (χ3n) is 4.47. The number of halogens is 1. The van der Waals surface area contributed by atoms with E-state index in [9.17, 15) is 4.79 Å². The Hall–Kier alpha value is -3.23. The first-order valence-corrected chi connectivity index (χ1v) is 10.7. The average Bonchev–Trinajstić information content (AvgIpc) is 3.17. The van der Waals surface area contributed by atoms with E-state index in [4.69, 9.17) is 21.5 Å². The van der Waals surface area contributed by atoms with Crippen molar-refractivity contribution in [3.05, 3.63) is 70.0 Å². The molecule has 1 aromatic heterocycles. The SMILES string of the molecule is C=O.CNc1ccc(Cl)cc1-n1nnc(C(=O)O)c1C.COC.Cc1ccc(C(C)(C)C)cc1. The van der Waals surface area contributed by atoms with Crippen LogP contribution in [0.5, 0.6) is 0 Å². The van der Waals surface area contributed by atoms with Crippen LogP contribution in [0, 0.1) is 13.8 Å². The van der Waals surface area contributed by atoms with Gasteiger partial charge in [0.25, 0.3) is 0 Å². The molecule has 9 heteroatoms. The van der Waals surface area contributed by atoms with Crippen molar-refractivity contribution in [2.75, 3.05) is 26.6 Å². The molecule has 0 unspecified atom stereocenters. The molecule has 2 aromatic carbocycles. The number of aryl methyl sites for hydroxylation is 1. The monoisotopic (exact) mass is 490 g/mol. The second-order valence-corrected chi connectivity index (χ2v) is 8.61. The van der Waals surface area contributed by atoms with Crippen LogP contribution in [0.1, 0.15) is 48.1 Å². The van der Waals surface area contributed by atoms with Gasteiger partial charge in [-0.25, -0.2) is 9.48 Å². The van der Waals surface area contributed by atoms with E-state index in [-0.39, 0.29) is 11.1 Å². The Morgan fingerprint density at radius 2 is 1.62 bits per heavy atom. The quantitative estimate of drug-likeness (QED) is 0.510. The van der Waals surface area contributed by atoms with Gasteiger partial charge in [-0.05, 0) is 43.0 Å². The van der Waals surface area contributed by atoms with Crippen LogP contribution in [-0.2, 0) is 14.9 Å². The van der Waals surface area contributed by atoms with Gasteiger partial charge in [0.15, 0.2) is 5.69 Å². The summed E-state index contributed by atoms with van der Waals surface area (Å²) < 4.78 is 5.70. The largest absolute Gasteiger partial charge is 0.476 e. The van der Waals surface area contributed by atoms with Crippen molar-refractivity contribution < 1.29 is 19.4 Å². The smallest absolute Gasteiger partial charge is 0.358 e. The molecule has 0 spiro atoms. The third kappa shape index (κ3) is 9.33. The molecular formula is C25H35ClN4O4. The van der Waals surface area contributed by atoms with Crippen molar-refractivity contribution in [3.8, 4) is 5.69 Å². The summed E-state index contributed by atoms with van der Waals surface area (Å²) in [4.78, 5) is 18.9. The number of methoxy groups -OCH3 is 1. The number of carbonyl (C=O) groups excluding carboxylic acids is 1. The number of nitrogens with one attached hydrogen (secondary N) is 1. The third-order valence-corrected chi connectivity index (χ3v) is 4.71. The molecule has 8 nitrogen and oxygen atoms in total. The van der Waals surface area contributed by atoms with Crippen LogP contribution >= 0.6 is 11.6 Å². The molecule has 186 valence electrons. The Morgan fingerprint density at radius 3 is 2.03 bits per heavy atom. The summed E-state index contributed by atoms with van der Waals surface area (Å²) in [6.45, 7) is 12.5. The second-order valence-electron chi connectivity index (χ2n) is 8.18. The lowest BCUT2D eigenvalue weighted by Gasteiger charge is -2.18. The van der Waals surface area contributed by atoms with Crippen molar-refractivity contribution in [2.45, 2.75) is 40.0 Å². The van der Waals surface area contributed by atoms with Crippen molar-refractivity contribution in [3.63, 3.8) is 0 Å². The molecule has 0 aliphatic heterocycles. The molecular weight excluding hydrogens is 456 g/mol. The number of hydrogen-bond acceptors (Lipinski definition) is 6. The zero-order valence-electron chi connectivity index (χ0n) is 21.1. The lowest BCUT2D eigenvalue weighted by Crippen LogP contribution is -2.10. The highest BCUT2D eigenvalue weighted by atomic mass is 35.5. The van der Waals surface area contributed by atoms with E-state index < -0.39 is 5.97 Å². The number of hydrogen-bond donors (Lipinski definition) is 2. The van der Waals surface area contributed by atoms with Crippen molar-refractivity contribution >= 4 is 30.0 Å². The van der Waals surface area contributed by atoms with Crippen LogP contribution < -0.4 is 5.32 Å². The fourth-order valence-electron chi connectivity index (χ4n) is 2.70. The Bertz CT molecular complexity index is 1030. The van der Waals surface area contributed by atoms with Gasteiger partial charge in [-0.3, -0.25) is 0 Å². The topological polar surface area (TPSA) is 106 Å².